The third-order valence-corrected chi connectivity index (χ3v) is 6.36. The molecule has 0 atom stereocenters. The molecule has 1 aliphatic carbocycles. The maximum absolute atomic E-state index is 12.5. The van der Waals surface area contributed by atoms with Gasteiger partial charge in [0.25, 0.3) is 0 Å². The summed E-state index contributed by atoms with van der Waals surface area (Å²) < 4.78 is 11.9. The van der Waals surface area contributed by atoms with Crippen molar-refractivity contribution in [2.24, 2.45) is 5.92 Å². The van der Waals surface area contributed by atoms with Crippen molar-refractivity contribution >= 4 is 5.91 Å². The van der Waals surface area contributed by atoms with E-state index in [1.807, 2.05) is 0 Å². The largest absolute Gasteiger partial charge is 0.493 e. The summed E-state index contributed by atoms with van der Waals surface area (Å²) in [6.45, 7) is 3.40. The Morgan fingerprint density at radius 1 is 1.04 bits per heavy atom. The molecule has 5 rings (SSSR count). The van der Waals surface area contributed by atoms with Crippen LogP contribution in [0.3, 0.4) is 0 Å². The SMILES string of the molecule is O=C(C1CCC1)N1CCC(c2c3c(cc4c2OCC4)OCC3)CC1. The molecule has 1 saturated carbocycles. The monoisotopic (exact) mass is 327 g/mol. The van der Waals surface area contributed by atoms with Gasteiger partial charge in [0.1, 0.15) is 11.5 Å². The van der Waals surface area contributed by atoms with Crippen LogP contribution in [0.1, 0.15) is 54.7 Å². The highest BCUT2D eigenvalue weighted by Gasteiger charge is 2.35. The van der Waals surface area contributed by atoms with Crippen molar-refractivity contribution in [1.29, 1.82) is 0 Å². The maximum atomic E-state index is 12.5. The molecule has 3 heterocycles. The standard InChI is InChI=1S/C20H25NO3/c22-20(14-2-1-3-14)21-8-4-13(5-9-21)18-16-7-11-23-17(16)12-15-6-10-24-19(15)18/h12-14H,1-11H2. The first-order chi connectivity index (χ1) is 11.8. The highest BCUT2D eigenvalue weighted by atomic mass is 16.5. The van der Waals surface area contributed by atoms with Crippen LogP contribution in [0.4, 0.5) is 0 Å². The van der Waals surface area contributed by atoms with Gasteiger partial charge >= 0.3 is 0 Å². The molecule has 4 nitrogen and oxygen atoms in total. The number of amides is 1. The number of carbonyl (C=O) groups is 1. The Balaban J connectivity index is 1.38. The van der Waals surface area contributed by atoms with E-state index < -0.39 is 0 Å². The predicted octanol–water partition coefficient (Wildman–Crippen LogP) is 3.06. The first kappa shape index (κ1) is 14.6. The van der Waals surface area contributed by atoms with Gasteiger partial charge in [-0.05, 0) is 37.7 Å². The number of rotatable bonds is 2. The molecule has 1 amide bonds. The molecule has 0 radical (unpaired) electrons. The number of carbonyl (C=O) groups excluding carboxylic acids is 1. The normalized spacial score (nSPS) is 23.2. The Hall–Kier alpha value is -1.71. The van der Waals surface area contributed by atoms with E-state index in [1.54, 1.807) is 0 Å². The fraction of sp³-hybridized carbons (Fsp3) is 0.650. The van der Waals surface area contributed by atoms with Crippen molar-refractivity contribution in [3.63, 3.8) is 0 Å². The molecule has 0 N–H and O–H groups in total. The quantitative estimate of drug-likeness (QED) is 0.838. The summed E-state index contributed by atoms with van der Waals surface area (Å²) in [5.74, 6) is 3.47. The Labute approximate surface area is 143 Å². The van der Waals surface area contributed by atoms with Gasteiger partial charge < -0.3 is 14.4 Å². The van der Waals surface area contributed by atoms with E-state index in [2.05, 4.69) is 11.0 Å². The van der Waals surface area contributed by atoms with Gasteiger partial charge in [0, 0.05) is 48.5 Å². The van der Waals surface area contributed by atoms with Crippen LogP contribution in [-0.4, -0.2) is 37.1 Å². The molecule has 1 aromatic rings. The van der Waals surface area contributed by atoms with Crippen LogP contribution in [0, 0.1) is 5.92 Å². The fourth-order valence-corrected chi connectivity index (χ4v) is 4.76. The van der Waals surface area contributed by atoms with Gasteiger partial charge in [-0.15, -0.1) is 0 Å². The van der Waals surface area contributed by atoms with Gasteiger partial charge in [0.05, 0.1) is 13.2 Å². The zero-order chi connectivity index (χ0) is 16.1. The molecule has 3 aliphatic heterocycles. The third kappa shape index (κ3) is 2.22. The number of benzene rings is 1. The second-order valence-electron chi connectivity index (χ2n) is 7.68. The number of hydrogen-bond acceptors (Lipinski definition) is 3. The molecule has 1 aromatic carbocycles. The summed E-state index contributed by atoms with van der Waals surface area (Å²) in [5, 5.41) is 0. The van der Waals surface area contributed by atoms with Crippen molar-refractivity contribution in [2.45, 2.75) is 50.9 Å². The smallest absolute Gasteiger partial charge is 0.225 e. The molecule has 0 bridgehead atoms. The molecule has 0 unspecified atom stereocenters. The van der Waals surface area contributed by atoms with E-state index in [0.717, 1.165) is 76.3 Å². The van der Waals surface area contributed by atoms with Crippen LogP contribution >= 0.6 is 0 Å². The Morgan fingerprint density at radius 2 is 1.83 bits per heavy atom. The second kappa shape index (κ2) is 5.68. The van der Waals surface area contributed by atoms with Gasteiger partial charge in [-0.3, -0.25) is 4.79 Å². The lowest BCUT2D eigenvalue weighted by molar-refractivity contribution is -0.139. The number of piperidine rings is 1. The highest BCUT2D eigenvalue weighted by Crippen LogP contribution is 2.46. The van der Waals surface area contributed by atoms with Crippen molar-refractivity contribution < 1.29 is 14.3 Å². The third-order valence-electron chi connectivity index (χ3n) is 6.36. The molecule has 128 valence electrons. The van der Waals surface area contributed by atoms with Crippen LogP contribution in [0.25, 0.3) is 0 Å². The van der Waals surface area contributed by atoms with Crippen LogP contribution in [0.5, 0.6) is 11.5 Å². The average Bonchev–Trinajstić information content (AvgIpc) is 3.19. The summed E-state index contributed by atoms with van der Waals surface area (Å²) >= 11 is 0. The molecule has 4 aliphatic rings. The molecule has 1 saturated heterocycles. The highest BCUT2D eigenvalue weighted by molar-refractivity contribution is 5.79. The van der Waals surface area contributed by atoms with E-state index in [4.69, 9.17) is 9.47 Å². The van der Waals surface area contributed by atoms with Crippen molar-refractivity contribution in [3.8, 4) is 11.5 Å². The van der Waals surface area contributed by atoms with E-state index >= 15 is 0 Å². The summed E-state index contributed by atoms with van der Waals surface area (Å²) in [5.41, 5.74) is 4.10. The molecule has 24 heavy (non-hydrogen) atoms. The predicted molar refractivity (Wildman–Crippen MR) is 90.7 cm³/mol. The number of fused-ring (bicyclic) bond motifs is 2. The zero-order valence-corrected chi connectivity index (χ0v) is 14.2. The first-order valence-corrected chi connectivity index (χ1v) is 9.54. The summed E-state index contributed by atoms with van der Waals surface area (Å²) in [7, 11) is 0. The van der Waals surface area contributed by atoms with Crippen LogP contribution in [0.2, 0.25) is 0 Å². The lowest BCUT2D eigenvalue weighted by Crippen LogP contribution is -2.43. The summed E-state index contributed by atoms with van der Waals surface area (Å²) in [4.78, 5) is 14.6. The molecule has 4 heteroatoms. The topological polar surface area (TPSA) is 38.8 Å². The summed E-state index contributed by atoms with van der Waals surface area (Å²) in [6, 6.07) is 2.20. The lowest BCUT2D eigenvalue weighted by atomic mass is 9.81. The van der Waals surface area contributed by atoms with Crippen molar-refractivity contribution in [3.05, 3.63) is 22.8 Å². The molecule has 0 spiro atoms. The minimum atomic E-state index is 0.323. The molecular weight excluding hydrogens is 302 g/mol. The number of hydrogen-bond donors (Lipinski definition) is 0. The van der Waals surface area contributed by atoms with Crippen LogP contribution in [-0.2, 0) is 17.6 Å². The van der Waals surface area contributed by atoms with Gasteiger partial charge in [-0.2, -0.15) is 0 Å². The zero-order valence-electron chi connectivity index (χ0n) is 14.2. The van der Waals surface area contributed by atoms with E-state index in [-0.39, 0.29) is 0 Å². The van der Waals surface area contributed by atoms with Gasteiger partial charge in [0.15, 0.2) is 0 Å². The van der Waals surface area contributed by atoms with E-state index in [0.29, 0.717) is 17.7 Å². The van der Waals surface area contributed by atoms with Crippen LogP contribution < -0.4 is 9.47 Å². The molecular formula is C20H25NO3. The Bertz CT molecular complexity index is 640. The number of ether oxygens (including phenoxy) is 2. The Kier molecular flexibility index (Phi) is 3.46. The van der Waals surface area contributed by atoms with Gasteiger partial charge in [0.2, 0.25) is 5.91 Å². The average molecular weight is 327 g/mol. The fourth-order valence-electron chi connectivity index (χ4n) is 4.76. The molecule has 2 fully saturated rings. The van der Waals surface area contributed by atoms with E-state index in [9.17, 15) is 4.79 Å². The minimum absolute atomic E-state index is 0.323. The van der Waals surface area contributed by atoms with Crippen LogP contribution in [0.15, 0.2) is 6.07 Å². The van der Waals surface area contributed by atoms with Crippen molar-refractivity contribution in [1.82, 2.24) is 4.90 Å². The first-order valence-electron chi connectivity index (χ1n) is 9.54. The second-order valence-corrected chi connectivity index (χ2v) is 7.68. The van der Waals surface area contributed by atoms with Gasteiger partial charge in [-0.25, -0.2) is 0 Å². The minimum Gasteiger partial charge on any atom is -0.493 e. The Morgan fingerprint density at radius 3 is 2.58 bits per heavy atom. The number of nitrogens with zero attached hydrogens (tertiary/aromatic N) is 1. The lowest BCUT2D eigenvalue weighted by Gasteiger charge is -2.37. The maximum Gasteiger partial charge on any atom is 0.225 e. The van der Waals surface area contributed by atoms with Crippen molar-refractivity contribution in [2.75, 3.05) is 26.3 Å². The number of likely N-dealkylation sites (tertiary alicyclic amines) is 1. The van der Waals surface area contributed by atoms with Gasteiger partial charge in [-0.1, -0.05) is 6.42 Å². The van der Waals surface area contributed by atoms with E-state index in [1.165, 1.54) is 23.1 Å². The molecule has 0 aromatic heterocycles. The summed E-state index contributed by atoms with van der Waals surface area (Å²) in [6.07, 6.45) is 7.55.